The number of rotatable bonds is 7. The molecule has 0 saturated heterocycles. The minimum atomic E-state index is -3.85. The molecule has 0 fully saturated rings. The number of anilines is 2. The summed E-state index contributed by atoms with van der Waals surface area (Å²) in [6.45, 7) is 0. The van der Waals surface area contributed by atoms with Crippen LogP contribution in [0.5, 0.6) is 5.75 Å². The van der Waals surface area contributed by atoms with E-state index in [1.165, 1.54) is 37.4 Å². The number of carbonyl (C=O) groups is 1. The molecule has 0 spiro atoms. The Morgan fingerprint density at radius 2 is 1.73 bits per heavy atom. The number of sulfonamides is 1. The van der Waals surface area contributed by atoms with Crippen molar-refractivity contribution >= 4 is 43.6 Å². The van der Waals surface area contributed by atoms with Crippen molar-refractivity contribution in [3.8, 4) is 17.2 Å². The van der Waals surface area contributed by atoms with E-state index in [0.29, 0.717) is 11.3 Å². The van der Waals surface area contributed by atoms with E-state index in [0.717, 1.165) is 4.47 Å². The molecule has 2 N–H and O–H groups in total. The largest absolute Gasteiger partial charge is 0.497 e. The van der Waals surface area contributed by atoms with Crippen LogP contribution < -0.4 is 14.8 Å². The Kier molecular flexibility index (Phi) is 6.43. The first-order valence-corrected chi connectivity index (χ1v) is 11.8. The number of nitrogens with zero attached hydrogens (tertiary/aromatic N) is 2. The van der Waals surface area contributed by atoms with E-state index in [1.807, 2.05) is 12.1 Å². The zero-order valence-electron chi connectivity index (χ0n) is 17.2. The number of methoxy groups -OCH3 is 1. The van der Waals surface area contributed by atoms with Gasteiger partial charge >= 0.3 is 6.01 Å². The highest BCUT2D eigenvalue weighted by atomic mass is 79.9. The van der Waals surface area contributed by atoms with Crippen LogP contribution in [0.15, 0.2) is 86.6 Å². The van der Waals surface area contributed by atoms with Gasteiger partial charge in [-0.15, -0.1) is 5.10 Å². The van der Waals surface area contributed by atoms with Crippen molar-refractivity contribution in [2.75, 3.05) is 17.1 Å². The third-order valence-electron chi connectivity index (χ3n) is 4.48. The SMILES string of the molecule is COc1ccc(S(=O)(=O)Nc2cccc(C(=O)Nc3nnc(-c4ccc(Br)cc4)o3)c2)cc1. The zero-order valence-corrected chi connectivity index (χ0v) is 19.6. The van der Waals surface area contributed by atoms with Gasteiger partial charge < -0.3 is 9.15 Å². The summed E-state index contributed by atoms with van der Waals surface area (Å²) in [5.41, 5.74) is 1.12. The Hall–Kier alpha value is -3.70. The second-order valence-electron chi connectivity index (χ2n) is 6.74. The van der Waals surface area contributed by atoms with Crippen molar-refractivity contribution in [2.45, 2.75) is 4.90 Å². The second-order valence-corrected chi connectivity index (χ2v) is 9.33. The molecular weight excluding hydrogens is 512 g/mol. The number of halogens is 1. The predicted molar refractivity (Wildman–Crippen MR) is 126 cm³/mol. The fourth-order valence-electron chi connectivity index (χ4n) is 2.85. The van der Waals surface area contributed by atoms with Crippen LogP contribution in [0.4, 0.5) is 11.7 Å². The highest BCUT2D eigenvalue weighted by molar-refractivity contribution is 9.10. The molecule has 0 saturated carbocycles. The van der Waals surface area contributed by atoms with E-state index in [4.69, 9.17) is 9.15 Å². The third-order valence-corrected chi connectivity index (χ3v) is 6.41. The molecule has 4 rings (SSSR count). The van der Waals surface area contributed by atoms with E-state index in [9.17, 15) is 13.2 Å². The first kappa shape index (κ1) is 22.5. The molecule has 9 nitrogen and oxygen atoms in total. The Morgan fingerprint density at radius 3 is 2.42 bits per heavy atom. The van der Waals surface area contributed by atoms with Gasteiger partial charge in [0.2, 0.25) is 5.89 Å². The van der Waals surface area contributed by atoms with Gasteiger partial charge in [-0.2, -0.15) is 0 Å². The topological polar surface area (TPSA) is 123 Å². The summed E-state index contributed by atoms with van der Waals surface area (Å²) >= 11 is 3.35. The monoisotopic (exact) mass is 528 g/mol. The Morgan fingerprint density at radius 1 is 1.00 bits per heavy atom. The fourth-order valence-corrected chi connectivity index (χ4v) is 4.16. The first-order chi connectivity index (χ1) is 15.8. The molecule has 1 heterocycles. The summed E-state index contributed by atoms with van der Waals surface area (Å²) in [6.07, 6.45) is 0. The molecule has 3 aromatic carbocycles. The summed E-state index contributed by atoms with van der Waals surface area (Å²) in [5, 5.41) is 10.3. The van der Waals surface area contributed by atoms with Gasteiger partial charge in [-0.3, -0.25) is 14.8 Å². The van der Waals surface area contributed by atoms with Crippen molar-refractivity contribution in [3.63, 3.8) is 0 Å². The number of nitrogens with one attached hydrogen (secondary N) is 2. The number of amides is 1. The van der Waals surface area contributed by atoms with Crippen LogP contribution in [0.2, 0.25) is 0 Å². The average Bonchev–Trinajstić information content (AvgIpc) is 3.28. The van der Waals surface area contributed by atoms with Gasteiger partial charge in [-0.25, -0.2) is 8.42 Å². The average molecular weight is 529 g/mol. The lowest BCUT2D eigenvalue weighted by atomic mass is 10.2. The quantitative estimate of drug-likeness (QED) is 0.360. The maximum Gasteiger partial charge on any atom is 0.322 e. The van der Waals surface area contributed by atoms with Crippen LogP contribution in [-0.2, 0) is 10.0 Å². The van der Waals surface area contributed by atoms with Crippen LogP contribution in [0.25, 0.3) is 11.5 Å². The molecule has 11 heteroatoms. The Bertz CT molecular complexity index is 1390. The smallest absolute Gasteiger partial charge is 0.322 e. The molecule has 33 heavy (non-hydrogen) atoms. The summed E-state index contributed by atoms with van der Waals surface area (Å²) in [6, 6.07) is 19.1. The zero-order chi connectivity index (χ0) is 23.4. The lowest BCUT2D eigenvalue weighted by Crippen LogP contribution is -2.15. The molecule has 0 atom stereocenters. The summed E-state index contributed by atoms with van der Waals surface area (Å²) in [5.74, 6) is 0.252. The van der Waals surface area contributed by atoms with Gasteiger partial charge in [0.1, 0.15) is 5.75 Å². The van der Waals surface area contributed by atoms with Gasteiger partial charge in [-0.1, -0.05) is 27.1 Å². The maximum absolute atomic E-state index is 12.6. The van der Waals surface area contributed by atoms with Gasteiger partial charge in [-0.05, 0) is 66.7 Å². The standard InChI is InChI=1S/C22H17BrN4O5S/c1-31-18-9-11-19(12-10-18)33(29,30)27-17-4-2-3-15(13-17)20(28)24-22-26-25-21(32-22)14-5-7-16(23)8-6-14/h2-13,27H,1H3,(H,24,26,28). The molecule has 0 aliphatic heterocycles. The highest BCUT2D eigenvalue weighted by Crippen LogP contribution is 2.23. The Labute approximate surface area is 198 Å². The molecular formula is C22H17BrN4O5S. The number of carbonyl (C=O) groups excluding carboxylic acids is 1. The molecule has 0 aliphatic carbocycles. The van der Waals surface area contributed by atoms with E-state index in [-0.39, 0.29) is 28.1 Å². The Balaban J connectivity index is 1.47. The van der Waals surface area contributed by atoms with Crippen molar-refractivity contribution in [2.24, 2.45) is 0 Å². The van der Waals surface area contributed by atoms with Crippen LogP contribution in [0.3, 0.4) is 0 Å². The van der Waals surface area contributed by atoms with E-state index in [2.05, 4.69) is 36.2 Å². The maximum atomic E-state index is 12.6. The van der Waals surface area contributed by atoms with E-state index in [1.54, 1.807) is 30.3 Å². The van der Waals surface area contributed by atoms with Gasteiger partial charge in [0.25, 0.3) is 15.9 Å². The molecule has 0 unspecified atom stereocenters. The van der Waals surface area contributed by atoms with Gasteiger partial charge in [0.15, 0.2) is 0 Å². The lowest BCUT2D eigenvalue weighted by molar-refractivity contribution is 0.102. The minimum absolute atomic E-state index is 0.0597. The number of hydrogen-bond acceptors (Lipinski definition) is 7. The second kappa shape index (κ2) is 9.43. The molecule has 1 amide bonds. The summed E-state index contributed by atoms with van der Waals surface area (Å²) in [4.78, 5) is 12.7. The van der Waals surface area contributed by atoms with Crippen LogP contribution in [-0.4, -0.2) is 31.6 Å². The number of aromatic nitrogens is 2. The fraction of sp³-hybridized carbons (Fsp3) is 0.0455. The molecule has 4 aromatic rings. The minimum Gasteiger partial charge on any atom is -0.497 e. The molecule has 0 bridgehead atoms. The van der Waals surface area contributed by atoms with E-state index < -0.39 is 15.9 Å². The number of benzene rings is 3. The third kappa shape index (κ3) is 5.38. The van der Waals surface area contributed by atoms with E-state index >= 15 is 0 Å². The summed E-state index contributed by atoms with van der Waals surface area (Å²) in [7, 11) is -2.36. The lowest BCUT2D eigenvalue weighted by Gasteiger charge is -2.10. The van der Waals surface area contributed by atoms with Crippen molar-refractivity contribution in [1.29, 1.82) is 0 Å². The van der Waals surface area contributed by atoms with Crippen LogP contribution in [0, 0.1) is 0 Å². The molecule has 168 valence electrons. The van der Waals surface area contributed by atoms with Crippen LogP contribution >= 0.6 is 15.9 Å². The van der Waals surface area contributed by atoms with Crippen molar-refractivity contribution in [1.82, 2.24) is 10.2 Å². The first-order valence-electron chi connectivity index (χ1n) is 9.52. The highest BCUT2D eigenvalue weighted by Gasteiger charge is 2.17. The van der Waals surface area contributed by atoms with Gasteiger partial charge in [0.05, 0.1) is 12.0 Å². The van der Waals surface area contributed by atoms with Crippen molar-refractivity contribution < 1.29 is 22.4 Å². The molecule has 0 aliphatic rings. The molecule has 1 aromatic heterocycles. The van der Waals surface area contributed by atoms with Crippen molar-refractivity contribution in [3.05, 3.63) is 82.8 Å². The van der Waals surface area contributed by atoms with Crippen LogP contribution in [0.1, 0.15) is 10.4 Å². The normalized spacial score (nSPS) is 11.1. The predicted octanol–water partition coefficient (Wildman–Crippen LogP) is 4.56. The number of ether oxygens (including phenoxy) is 1. The molecule has 0 radical (unpaired) electrons. The summed E-state index contributed by atoms with van der Waals surface area (Å²) < 4.78 is 39.2. The van der Waals surface area contributed by atoms with Gasteiger partial charge in [0, 0.05) is 21.3 Å². The number of hydrogen-bond donors (Lipinski definition) is 2.